The lowest BCUT2D eigenvalue weighted by Crippen LogP contribution is -1.79. The zero-order valence-electron chi connectivity index (χ0n) is 14.2. The molecule has 0 aromatic heterocycles. The van der Waals surface area contributed by atoms with Crippen LogP contribution in [0.3, 0.4) is 0 Å². The van der Waals surface area contributed by atoms with Crippen molar-refractivity contribution in [3.8, 4) is 0 Å². The van der Waals surface area contributed by atoms with Crippen molar-refractivity contribution in [1.82, 2.24) is 0 Å². The molecule has 0 saturated heterocycles. The van der Waals surface area contributed by atoms with Crippen molar-refractivity contribution >= 4 is 12.2 Å². The van der Waals surface area contributed by atoms with E-state index in [0.717, 1.165) is 22.3 Å². The molecule has 0 aliphatic rings. The molecule has 0 aliphatic carbocycles. The van der Waals surface area contributed by atoms with Crippen LogP contribution in [0.1, 0.15) is 25.0 Å². The van der Waals surface area contributed by atoms with Crippen LogP contribution >= 0.6 is 0 Å². The number of hydrogen-bond acceptors (Lipinski definition) is 2. The van der Waals surface area contributed by atoms with Gasteiger partial charge < -0.3 is 10.2 Å². The Morgan fingerprint density at radius 3 is 1.33 bits per heavy atom. The molecule has 0 aliphatic heterocycles. The number of hydrogen-bond donors (Lipinski definition) is 2. The number of aliphatic hydroxyl groups is 2. The molecule has 124 valence electrons. The third-order valence-corrected chi connectivity index (χ3v) is 3.04. The molecule has 2 rings (SSSR count). The largest absolute Gasteiger partial charge is 0.391 e. The predicted molar refractivity (Wildman–Crippen MR) is 101 cm³/mol. The Balaban J connectivity index is 0.000000240. The first-order valence-corrected chi connectivity index (χ1v) is 7.82. The zero-order chi connectivity index (χ0) is 17.6. The summed E-state index contributed by atoms with van der Waals surface area (Å²) >= 11 is 0. The van der Waals surface area contributed by atoms with Crippen molar-refractivity contribution < 1.29 is 10.2 Å². The summed E-state index contributed by atoms with van der Waals surface area (Å²) in [6.07, 6.45) is 3.73. The normalized spacial score (nSPS) is 8.83. The molecule has 0 amide bonds. The molecule has 0 bridgehead atoms. The summed E-state index contributed by atoms with van der Waals surface area (Å²) in [5.74, 6) is 0. The highest BCUT2D eigenvalue weighted by molar-refractivity contribution is 5.49. The van der Waals surface area contributed by atoms with E-state index >= 15 is 0 Å². The Labute approximate surface area is 144 Å². The van der Waals surface area contributed by atoms with Gasteiger partial charge in [-0.3, -0.25) is 0 Å². The molecule has 0 radical (unpaired) electrons. The molecule has 2 aromatic carbocycles. The summed E-state index contributed by atoms with van der Waals surface area (Å²) in [5.41, 5.74) is 9.88. The fraction of sp³-hybridized carbons (Fsp3) is 0.182. The Morgan fingerprint density at radius 2 is 1.04 bits per heavy atom. The summed E-state index contributed by atoms with van der Waals surface area (Å²) < 4.78 is 0. The van der Waals surface area contributed by atoms with Gasteiger partial charge in [-0.1, -0.05) is 60.7 Å². The highest BCUT2D eigenvalue weighted by atomic mass is 16.3. The SMILES string of the molecule is CC(=C=Cc1ccccc1)CO.CC(=C=Cc1ccccc1)CO. The van der Waals surface area contributed by atoms with Crippen molar-refractivity contribution in [2.24, 2.45) is 0 Å². The first-order chi connectivity index (χ1) is 11.7. The summed E-state index contributed by atoms with van der Waals surface area (Å²) in [6.45, 7) is 3.84. The second-order valence-corrected chi connectivity index (χ2v) is 5.28. The van der Waals surface area contributed by atoms with Crippen LogP contribution in [0.5, 0.6) is 0 Å². The minimum Gasteiger partial charge on any atom is -0.391 e. The van der Waals surface area contributed by atoms with E-state index in [4.69, 9.17) is 10.2 Å². The lowest BCUT2D eigenvalue weighted by molar-refractivity contribution is 0.331. The first kappa shape index (κ1) is 19.4. The summed E-state index contributed by atoms with van der Waals surface area (Å²) in [6, 6.07) is 19.8. The Hall–Kier alpha value is -2.60. The highest BCUT2D eigenvalue weighted by Gasteiger charge is 1.83. The molecule has 0 fully saturated rings. The van der Waals surface area contributed by atoms with Crippen molar-refractivity contribution in [3.63, 3.8) is 0 Å². The maximum absolute atomic E-state index is 8.69. The minimum atomic E-state index is 0.0728. The standard InChI is InChI=1S/2C11H12O/c2*1-10(9-12)7-8-11-5-3-2-4-6-11/h2*2-6,8,12H,9H2,1H3. The maximum atomic E-state index is 8.69. The van der Waals surface area contributed by atoms with Gasteiger partial charge in [-0.15, -0.1) is 11.5 Å². The van der Waals surface area contributed by atoms with Crippen LogP contribution in [0.4, 0.5) is 0 Å². The van der Waals surface area contributed by atoms with Crippen LogP contribution in [0.15, 0.2) is 83.3 Å². The van der Waals surface area contributed by atoms with Crippen LogP contribution in [-0.2, 0) is 0 Å². The zero-order valence-corrected chi connectivity index (χ0v) is 14.2. The lowest BCUT2D eigenvalue weighted by Gasteiger charge is -1.88. The fourth-order valence-corrected chi connectivity index (χ4v) is 1.60. The van der Waals surface area contributed by atoms with E-state index in [1.54, 1.807) is 0 Å². The Bertz CT molecular complexity index is 650. The monoisotopic (exact) mass is 320 g/mol. The minimum absolute atomic E-state index is 0.0728. The van der Waals surface area contributed by atoms with E-state index in [2.05, 4.69) is 11.5 Å². The van der Waals surface area contributed by atoms with E-state index in [1.807, 2.05) is 86.7 Å². The predicted octanol–water partition coefficient (Wildman–Crippen LogP) is 4.47. The van der Waals surface area contributed by atoms with E-state index in [-0.39, 0.29) is 13.2 Å². The quantitative estimate of drug-likeness (QED) is 0.816. The van der Waals surface area contributed by atoms with Gasteiger partial charge >= 0.3 is 0 Å². The van der Waals surface area contributed by atoms with Gasteiger partial charge in [0.15, 0.2) is 0 Å². The summed E-state index contributed by atoms with van der Waals surface area (Å²) in [5, 5.41) is 17.4. The Kier molecular flexibility index (Phi) is 9.64. The molecule has 2 nitrogen and oxygen atoms in total. The van der Waals surface area contributed by atoms with E-state index < -0.39 is 0 Å². The molecule has 24 heavy (non-hydrogen) atoms. The molecule has 0 atom stereocenters. The van der Waals surface area contributed by atoms with Gasteiger partial charge in [0, 0.05) is 0 Å². The number of aliphatic hydroxyl groups excluding tert-OH is 2. The molecule has 0 unspecified atom stereocenters. The topological polar surface area (TPSA) is 40.5 Å². The van der Waals surface area contributed by atoms with E-state index in [9.17, 15) is 0 Å². The van der Waals surface area contributed by atoms with Crippen LogP contribution in [0.2, 0.25) is 0 Å². The van der Waals surface area contributed by atoms with Gasteiger partial charge in [-0.05, 0) is 48.3 Å². The van der Waals surface area contributed by atoms with Gasteiger partial charge in [0.05, 0.1) is 13.2 Å². The van der Waals surface area contributed by atoms with Gasteiger partial charge in [0.25, 0.3) is 0 Å². The summed E-state index contributed by atoms with van der Waals surface area (Å²) in [7, 11) is 0. The third-order valence-electron chi connectivity index (χ3n) is 3.04. The second-order valence-electron chi connectivity index (χ2n) is 5.28. The van der Waals surface area contributed by atoms with Crippen LogP contribution in [-0.4, -0.2) is 23.4 Å². The van der Waals surface area contributed by atoms with E-state index in [1.165, 1.54) is 0 Å². The van der Waals surface area contributed by atoms with Crippen LogP contribution < -0.4 is 0 Å². The van der Waals surface area contributed by atoms with Gasteiger partial charge in [-0.25, -0.2) is 0 Å². The molecule has 2 N–H and O–H groups in total. The van der Waals surface area contributed by atoms with E-state index in [0.29, 0.717) is 0 Å². The molecule has 0 heterocycles. The average Bonchev–Trinajstić information content (AvgIpc) is 2.66. The molecule has 2 heteroatoms. The van der Waals surface area contributed by atoms with Gasteiger partial charge in [0.2, 0.25) is 0 Å². The smallest absolute Gasteiger partial charge is 0.0713 e. The van der Waals surface area contributed by atoms with Crippen molar-refractivity contribution in [3.05, 3.63) is 94.4 Å². The Morgan fingerprint density at radius 1 is 0.708 bits per heavy atom. The fourth-order valence-electron chi connectivity index (χ4n) is 1.60. The first-order valence-electron chi connectivity index (χ1n) is 7.82. The average molecular weight is 320 g/mol. The van der Waals surface area contributed by atoms with Crippen LogP contribution in [0.25, 0.3) is 12.2 Å². The van der Waals surface area contributed by atoms with Crippen LogP contribution in [0, 0.1) is 0 Å². The molecule has 0 spiro atoms. The second kappa shape index (κ2) is 11.9. The number of rotatable bonds is 4. The highest BCUT2D eigenvalue weighted by Crippen LogP contribution is 2.01. The molecule has 2 aromatic rings. The van der Waals surface area contributed by atoms with Crippen molar-refractivity contribution in [2.75, 3.05) is 13.2 Å². The number of benzene rings is 2. The molecule has 0 saturated carbocycles. The van der Waals surface area contributed by atoms with Crippen molar-refractivity contribution in [2.45, 2.75) is 13.8 Å². The summed E-state index contributed by atoms with van der Waals surface area (Å²) in [4.78, 5) is 0. The van der Waals surface area contributed by atoms with Crippen molar-refractivity contribution in [1.29, 1.82) is 0 Å². The molecular formula is C22H24O2. The molecular weight excluding hydrogens is 296 g/mol. The lowest BCUT2D eigenvalue weighted by atomic mass is 10.2. The maximum Gasteiger partial charge on any atom is 0.0713 e. The third kappa shape index (κ3) is 8.75. The van der Waals surface area contributed by atoms with Gasteiger partial charge in [-0.2, -0.15) is 0 Å². The van der Waals surface area contributed by atoms with Gasteiger partial charge in [0.1, 0.15) is 0 Å².